The zero-order chi connectivity index (χ0) is 13.0. The highest BCUT2D eigenvalue weighted by Gasteiger charge is 2.23. The molecule has 0 saturated carbocycles. The lowest BCUT2D eigenvalue weighted by Gasteiger charge is -2.25. The number of rotatable bonds is 12. The van der Waals surface area contributed by atoms with Gasteiger partial charge >= 0.3 is 0 Å². The van der Waals surface area contributed by atoms with Crippen LogP contribution < -0.4 is 5.73 Å². The lowest BCUT2D eigenvalue weighted by Crippen LogP contribution is -2.38. The Morgan fingerprint density at radius 2 is 1.41 bits per heavy atom. The van der Waals surface area contributed by atoms with E-state index in [1.54, 1.807) is 0 Å². The Kier molecular flexibility index (Phi) is 10.9. The van der Waals surface area contributed by atoms with E-state index in [2.05, 4.69) is 6.92 Å². The van der Waals surface area contributed by atoms with Gasteiger partial charge in [-0.05, 0) is 6.42 Å². The van der Waals surface area contributed by atoms with Crippen molar-refractivity contribution in [3.05, 3.63) is 0 Å². The van der Waals surface area contributed by atoms with Crippen molar-refractivity contribution in [2.75, 3.05) is 13.2 Å². The SMILES string of the molecule is CCCCCCCCCCC(O)(CN)CCO. The fourth-order valence-electron chi connectivity index (χ4n) is 2.13. The van der Waals surface area contributed by atoms with Crippen molar-refractivity contribution in [1.82, 2.24) is 0 Å². The zero-order valence-corrected chi connectivity index (χ0v) is 11.5. The molecule has 0 aromatic heterocycles. The normalized spacial score (nSPS) is 14.8. The molecule has 104 valence electrons. The molecule has 0 aliphatic rings. The molecule has 0 fully saturated rings. The third-order valence-electron chi connectivity index (χ3n) is 3.45. The van der Waals surface area contributed by atoms with E-state index in [1.165, 1.54) is 44.9 Å². The summed E-state index contributed by atoms with van der Waals surface area (Å²) in [7, 11) is 0. The summed E-state index contributed by atoms with van der Waals surface area (Å²) >= 11 is 0. The second-order valence-corrected chi connectivity index (χ2v) is 5.13. The van der Waals surface area contributed by atoms with Gasteiger partial charge in [0, 0.05) is 19.6 Å². The molecular formula is C14H31NO2. The van der Waals surface area contributed by atoms with Crippen molar-refractivity contribution in [3.63, 3.8) is 0 Å². The largest absolute Gasteiger partial charge is 0.396 e. The molecular weight excluding hydrogens is 214 g/mol. The second kappa shape index (κ2) is 11.0. The smallest absolute Gasteiger partial charge is 0.0791 e. The van der Waals surface area contributed by atoms with Gasteiger partial charge in [0.05, 0.1) is 5.60 Å². The highest BCUT2D eigenvalue weighted by atomic mass is 16.3. The number of aliphatic hydroxyl groups is 2. The van der Waals surface area contributed by atoms with E-state index in [1.807, 2.05) is 0 Å². The Hall–Kier alpha value is -0.120. The van der Waals surface area contributed by atoms with E-state index in [0.29, 0.717) is 6.42 Å². The van der Waals surface area contributed by atoms with Crippen molar-refractivity contribution in [3.8, 4) is 0 Å². The lowest BCUT2D eigenvalue weighted by molar-refractivity contribution is 0.0138. The summed E-state index contributed by atoms with van der Waals surface area (Å²) < 4.78 is 0. The van der Waals surface area contributed by atoms with Crippen LogP contribution in [0.15, 0.2) is 0 Å². The summed E-state index contributed by atoms with van der Waals surface area (Å²) in [6.07, 6.45) is 11.2. The Balaban J connectivity index is 3.37. The van der Waals surface area contributed by atoms with E-state index < -0.39 is 5.60 Å². The first-order valence-corrected chi connectivity index (χ1v) is 7.22. The van der Waals surface area contributed by atoms with Crippen LogP contribution in [0.1, 0.15) is 71.1 Å². The van der Waals surface area contributed by atoms with Gasteiger partial charge in [-0.25, -0.2) is 0 Å². The third kappa shape index (κ3) is 9.57. The first-order valence-electron chi connectivity index (χ1n) is 7.22. The van der Waals surface area contributed by atoms with Crippen LogP contribution >= 0.6 is 0 Å². The predicted molar refractivity (Wildman–Crippen MR) is 72.9 cm³/mol. The van der Waals surface area contributed by atoms with Crippen molar-refractivity contribution in [2.45, 2.75) is 76.7 Å². The molecule has 0 aromatic carbocycles. The number of unbranched alkanes of at least 4 members (excludes halogenated alkanes) is 7. The van der Waals surface area contributed by atoms with Crippen LogP contribution in [0.25, 0.3) is 0 Å². The van der Waals surface area contributed by atoms with Gasteiger partial charge in [-0.3, -0.25) is 0 Å². The standard InChI is InChI=1S/C14H31NO2/c1-2-3-4-5-6-7-8-9-10-14(17,13-15)11-12-16/h16-17H,2-13,15H2,1H3. The molecule has 0 saturated heterocycles. The molecule has 0 aliphatic heterocycles. The molecule has 0 amide bonds. The number of hydrogen-bond acceptors (Lipinski definition) is 3. The predicted octanol–water partition coefficient (Wildman–Crippen LogP) is 2.59. The first-order chi connectivity index (χ1) is 8.18. The maximum atomic E-state index is 10.0. The minimum absolute atomic E-state index is 0.0186. The maximum Gasteiger partial charge on any atom is 0.0791 e. The monoisotopic (exact) mass is 245 g/mol. The number of hydrogen-bond donors (Lipinski definition) is 3. The van der Waals surface area contributed by atoms with Crippen LogP contribution in [0, 0.1) is 0 Å². The minimum Gasteiger partial charge on any atom is -0.396 e. The number of aliphatic hydroxyl groups excluding tert-OH is 1. The Labute approximate surface area is 106 Å². The lowest BCUT2D eigenvalue weighted by atomic mass is 9.92. The zero-order valence-electron chi connectivity index (χ0n) is 11.5. The van der Waals surface area contributed by atoms with E-state index in [4.69, 9.17) is 10.8 Å². The Morgan fingerprint density at radius 3 is 1.88 bits per heavy atom. The highest BCUT2D eigenvalue weighted by molar-refractivity contribution is 4.78. The molecule has 1 unspecified atom stereocenters. The first kappa shape index (κ1) is 16.9. The van der Waals surface area contributed by atoms with Gasteiger partial charge in [-0.15, -0.1) is 0 Å². The van der Waals surface area contributed by atoms with E-state index in [9.17, 15) is 5.11 Å². The molecule has 17 heavy (non-hydrogen) atoms. The topological polar surface area (TPSA) is 66.5 Å². The van der Waals surface area contributed by atoms with Gasteiger partial charge < -0.3 is 15.9 Å². The van der Waals surface area contributed by atoms with Gasteiger partial charge in [-0.2, -0.15) is 0 Å². The molecule has 1 atom stereocenters. The third-order valence-corrected chi connectivity index (χ3v) is 3.45. The molecule has 0 aromatic rings. The van der Waals surface area contributed by atoms with Crippen LogP contribution in [0.3, 0.4) is 0 Å². The van der Waals surface area contributed by atoms with Gasteiger partial charge in [0.2, 0.25) is 0 Å². The van der Waals surface area contributed by atoms with Crippen molar-refractivity contribution >= 4 is 0 Å². The highest BCUT2D eigenvalue weighted by Crippen LogP contribution is 2.18. The van der Waals surface area contributed by atoms with Crippen LogP contribution in [0.2, 0.25) is 0 Å². The Bertz CT molecular complexity index is 164. The molecule has 0 radical (unpaired) electrons. The van der Waals surface area contributed by atoms with Crippen LogP contribution in [-0.2, 0) is 0 Å². The van der Waals surface area contributed by atoms with Crippen molar-refractivity contribution in [2.24, 2.45) is 5.73 Å². The summed E-state index contributed by atoms with van der Waals surface area (Å²) in [5.41, 5.74) is 4.69. The average Bonchev–Trinajstić information content (AvgIpc) is 2.33. The molecule has 0 bridgehead atoms. The van der Waals surface area contributed by atoms with Gasteiger partial charge in [0.25, 0.3) is 0 Å². The molecule has 0 spiro atoms. The van der Waals surface area contributed by atoms with Crippen LogP contribution in [-0.4, -0.2) is 29.0 Å². The molecule has 4 N–H and O–H groups in total. The second-order valence-electron chi connectivity index (χ2n) is 5.13. The van der Waals surface area contributed by atoms with E-state index in [-0.39, 0.29) is 13.2 Å². The molecule has 0 heterocycles. The molecule has 3 nitrogen and oxygen atoms in total. The van der Waals surface area contributed by atoms with Crippen LogP contribution in [0.5, 0.6) is 0 Å². The fraction of sp³-hybridized carbons (Fsp3) is 1.00. The van der Waals surface area contributed by atoms with Crippen molar-refractivity contribution in [1.29, 1.82) is 0 Å². The van der Waals surface area contributed by atoms with Gasteiger partial charge in [0.15, 0.2) is 0 Å². The van der Waals surface area contributed by atoms with Gasteiger partial charge in [0.1, 0.15) is 0 Å². The summed E-state index contributed by atoms with van der Waals surface area (Å²) in [6, 6.07) is 0. The Morgan fingerprint density at radius 1 is 0.882 bits per heavy atom. The summed E-state index contributed by atoms with van der Waals surface area (Å²) in [5.74, 6) is 0. The quantitative estimate of drug-likeness (QED) is 0.463. The van der Waals surface area contributed by atoms with E-state index in [0.717, 1.165) is 12.8 Å². The molecule has 0 rings (SSSR count). The summed E-state index contributed by atoms with van der Waals surface area (Å²) in [4.78, 5) is 0. The maximum absolute atomic E-state index is 10.0. The summed E-state index contributed by atoms with van der Waals surface area (Å²) in [6.45, 7) is 2.50. The van der Waals surface area contributed by atoms with E-state index >= 15 is 0 Å². The average molecular weight is 245 g/mol. The molecule has 0 aliphatic carbocycles. The van der Waals surface area contributed by atoms with Gasteiger partial charge in [-0.1, -0.05) is 58.3 Å². The van der Waals surface area contributed by atoms with Crippen LogP contribution in [0.4, 0.5) is 0 Å². The van der Waals surface area contributed by atoms with Crippen molar-refractivity contribution < 1.29 is 10.2 Å². The molecule has 3 heteroatoms. The fourth-order valence-corrected chi connectivity index (χ4v) is 2.13. The minimum atomic E-state index is -0.836. The number of nitrogens with two attached hydrogens (primary N) is 1. The summed E-state index contributed by atoms with van der Waals surface area (Å²) in [5, 5.41) is 18.8.